The summed E-state index contributed by atoms with van der Waals surface area (Å²) in [6.45, 7) is 7.18. The molecule has 60 heavy (non-hydrogen) atoms. The zero-order valence-corrected chi connectivity index (χ0v) is 35.9. The highest BCUT2D eigenvalue weighted by atomic mass is 32.2. The van der Waals surface area contributed by atoms with E-state index in [2.05, 4.69) is 95.4 Å². The van der Waals surface area contributed by atoms with Crippen LogP contribution in [0.15, 0.2) is 197 Å². The Bertz CT molecular complexity index is 2850. The molecule has 0 radical (unpaired) electrons. The minimum absolute atomic E-state index is 0.133. The van der Waals surface area contributed by atoms with Crippen molar-refractivity contribution in [3.05, 3.63) is 220 Å². The number of benzene rings is 6. The molecular formula is C49H45N2O6S2Si+. The van der Waals surface area contributed by atoms with Crippen molar-refractivity contribution >= 4 is 50.5 Å². The van der Waals surface area contributed by atoms with E-state index < -0.39 is 38.1 Å². The summed E-state index contributed by atoms with van der Waals surface area (Å²) < 4.78 is 73.8. The average Bonchev–Trinajstić information content (AvgIpc) is 3.24. The first-order valence-electron chi connectivity index (χ1n) is 19.7. The Balaban J connectivity index is 1.37. The van der Waals surface area contributed by atoms with E-state index in [0.717, 1.165) is 61.2 Å². The van der Waals surface area contributed by atoms with Gasteiger partial charge in [-0.25, -0.2) is 4.58 Å². The second-order valence-electron chi connectivity index (χ2n) is 15.7. The first-order valence-corrected chi connectivity index (χ1v) is 25.6. The SMILES string of the molecule is C[Si]1(C)C2=CC(=[N+](Cc3ccccc3)Cc3ccccc3)C=CC2=C(c2ccc(S(=O)(=O)O)cc2S(=O)(=O)O)c2ccc(N(Cc3ccccc3)Cc3ccccc3)cc21. The van der Waals surface area contributed by atoms with E-state index in [4.69, 9.17) is 0 Å². The van der Waals surface area contributed by atoms with Gasteiger partial charge in [-0.15, -0.1) is 0 Å². The minimum Gasteiger partial charge on any atom is -0.363 e. The maximum absolute atomic E-state index is 13.2. The maximum atomic E-state index is 13.2. The van der Waals surface area contributed by atoms with Gasteiger partial charge >= 0.3 is 0 Å². The van der Waals surface area contributed by atoms with E-state index in [1.807, 2.05) is 84.9 Å². The Morgan fingerprint density at radius 3 is 1.57 bits per heavy atom. The fraction of sp³-hybridized carbons (Fsp3) is 0.122. The van der Waals surface area contributed by atoms with Crippen LogP contribution >= 0.6 is 0 Å². The number of hydrogen-bond acceptors (Lipinski definition) is 5. The molecular weight excluding hydrogens is 805 g/mol. The number of allylic oxidation sites excluding steroid dienone is 5. The van der Waals surface area contributed by atoms with Crippen LogP contribution in [0.25, 0.3) is 5.57 Å². The standard InChI is InChI=1S/C49H44N2O6S2Si/c1-60(2)47-29-40(50(32-36-15-7-3-8-16-36)33-37-17-9-4-10-18-37)23-26-44(47)49(43-28-25-42(58(52,53)54)31-46(43)59(55,56)57)45-27-24-41(30-48(45)60)51(34-38-19-11-5-12-20-38)35-39-21-13-6-14-22-39/h3-31H,32-35H2,1-2H3,(H-,52,53,54,55,56,57)/p+1. The number of fused-ring (bicyclic) bond motifs is 2. The Hall–Kier alpha value is -5.95. The van der Waals surface area contributed by atoms with Gasteiger partial charge in [0.05, 0.1) is 4.90 Å². The molecule has 2 aliphatic rings. The summed E-state index contributed by atoms with van der Waals surface area (Å²) in [5.74, 6) is 0. The van der Waals surface area contributed by atoms with E-state index >= 15 is 0 Å². The van der Waals surface area contributed by atoms with Gasteiger partial charge in [0, 0.05) is 47.6 Å². The molecule has 8 nitrogen and oxygen atoms in total. The van der Waals surface area contributed by atoms with Crippen molar-refractivity contribution in [2.45, 2.75) is 49.1 Å². The maximum Gasteiger partial charge on any atom is 0.295 e. The van der Waals surface area contributed by atoms with Crippen LogP contribution in [0.1, 0.15) is 33.4 Å². The molecule has 0 unspecified atom stereocenters. The molecule has 302 valence electrons. The van der Waals surface area contributed by atoms with Crippen LogP contribution in [0, 0.1) is 0 Å². The molecule has 6 aromatic rings. The number of hydrogen-bond donors (Lipinski definition) is 2. The van der Waals surface area contributed by atoms with Crippen LogP contribution in [0.3, 0.4) is 0 Å². The highest BCUT2D eigenvalue weighted by Crippen LogP contribution is 2.44. The van der Waals surface area contributed by atoms with Crippen LogP contribution in [-0.2, 0) is 46.4 Å². The van der Waals surface area contributed by atoms with Gasteiger partial charge in [0.25, 0.3) is 20.2 Å². The largest absolute Gasteiger partial charge is 0.363 e. The second kappa shape index (κ2) is 16.6. The fourth-order valence-electron chi connectivity index (χ4n) is 8.28. The molecule has 1 aliphatic heterocycles. The third-order valence-electron chi connectivity index (χ3n) is 11.3. The third kappa shape index (κ3) is 8.67. The average molecular weight is 850 g/mol. The zero-order valence-electron chi connectivity index (χ0n) is 33.3. The Kier molecular flexibility index (Phi) is 11.3. The van der Waals surface area contributed by atoms with Crippen LogP contribution in [0.2, 0.25) is 13.1 Å². The molecule has 0 saturated heterocycles. The van der Waals surface area contributed by atoms with Gasteiger partial charge in [0.15, 0.2) is 18.8 Å². The fourth-order valence-corrected chi connectivity index (χ4v) is 12.7. The Labute approximate surface area is 353 Å². The van der Waals surface area contributed by atoms with Gasteiger partial charge in [-0.05, 0) is 68.6 Å². The quantitative estimate of drug-likeness (QED) is 0.0718. The van der Waals surface area contributed by atoms with Gasteiger partial charge in [0.2, 0.25) is 0 Å². The van der Waals surface area contributed by atoms with Crippen molar-refractivity contribution in [2.24, 2.45) is 0 Å². The van der Waals surface area contributed by atoms with E-state index in [0.29, 0.717) is 31.8 Å². The highest BCUT2D eigenvalue weighted by molar-refractivity contribution is 7.86. The summed E-state index contributed by atoms with van der Waals surface area (Å²) in [6, 6.07) is 50.9. The van der Waals surface area contributed by atoms with E-state index in [9.17, 15) is 25.9 Å². The summed E-state index contributed by atoms with van der Waals surface area (Å²) in [4.78, 5) is 1.10. The number of nitrogens with zero attached hydrogens (tertiary/aromatic N) is 2. The molecule has 0 fully saturated rings. The first-order chi connectivity index (χ1) is 28.8. The van der Waals surface area contributed by atoms with Gasteiger partial charge in [0.1, 0.15) is 13.0 Å². The lowest BCUT2D eigenvalue weighted by molar-refractivity contribution is -0.558. The second-order valence-corrected chi connectivity index (χ2v) is 22.9. The molecule has 0 bridgehead atoms. The van der Waals surface area contributed by atoms with Gasteiger partial charge in [-0.2, -0.15) is 16.8 Å². The van der Waals surface area contributed by atoms with Crippen LogP contribution in [0.5, 0.6) is 0 Å². The van der Waals surface area contributed by atoms with E-state index in [1.54, 1.807) is 0 Å². The minimum atomic E-state index is -4.98. The predicted octanol–water partition coefficient (Wildman–Crippen LogP) is 9.01. The molecule has 0 spiro atoms. The summed E-state index contributed by atoms with van der Waals surface area (Å²) in [6.07, 6.45) is 6.31. The molecule has 2 N–H and O–H groups in total. The van der Waals surface area contributed by atoms with Crippen molar-refractivity contribution in [1.82, 2.24) is 0 Å². The highest BCUT2D eigenvalue weighted by Gasteiger charge is 2.42. The van der Waals surface area contributed by atoms with Crippen molar-refractivity contribution < 1.29 is 30.5 Å². The monoisotopic (exact) mass is 849 g/mol. The summed E-state index contributed by atoms with van der Waals surface area (Å²) >= 11 is 0. The smallest absolute Gasteiger partial charge is 0.295 e. The predicted molar refractivity (Wildman–Crippen MR) is 241 cm³/mol. The van der Waals surface area contributed by atoms with Crippen LogP contribution in [0.4, 0.5) is 5.69 Å². The molecule has 11 heteroatoms. The lowest BCUT2D eigenvalue weighted by atomic mass is 9.89. The van der Waals surface area contributed by atoms with Crippen molar-refractivity contribution in [1.29, 1.82) is 0 Å². The van der Waals surface area contributed by atoms with Crippen molar-refractivity contribution in [2.75, 3.05) is 4.90 Å². The van der Waals surface area contributed by atoms with Gasteiger partial charge < -0.3 is 4.90 Å². The van der Waals surface area contributed by atoms with Crippen LogP contribution in [-0.4, -0.2) is 44.3 Å². The summed E-state index contributed by atoms with van der Waals surface area (Å²) in [5, 5.41) is 2.12. The molecule has 0 saturated carbocycles. The summed E-state index contributed by atoms with van der Waals surface area (Å²) in [7, 11) is -12.4. The third-order valence-corrected chi connectivity index (χ3v) is 16.5. The molecule has 0 aromatic heterocycles. The van der Waals surface area contributed by atoms with E-state index in [1.165, 1.54) is 12.1 Å². The summed E-state index contributed by atoms with van der Waals surface area (Å²) in [5.41, 5.74) is 8.87. The molecule has 0 atom stereocenters. The van der Waals surface area contributed by atoms with E-state index in [-0.39, 0.29) is 5.56 Å². The Morgan fingerprint density at radius 1 is 0.567 bits per heavy atom. The lowest BCUT2D eigenvalue weighted by Gasteiger charge is -2.39. The zero-order chi connectivity index (χ0) is 42.1. The lowest BCUT2D eigenvalue weighted by Crippen LogP contribution is -2.50. The molecule has 1 aliphatic carbocycles. The molecule has 0 amide bonds. The first kappa shape index (κ1) is 40.8. The normalized spacial score (nSPS) is 14.6. The topological polar surface area (TPSA) is 115 Å². The molecule has 8 rings (SSSR count). The number of anilines is 1. The Morgan fingerprint density at radius 2 is 1.07 bits per heavy atom. The number of rotatable bonds is 12. The van der Waals surface area contributed by atoms with Crippen molar-refractivity contribution in [3.63, 3.8) is 0 Å². The molecule has 6 aromatic carbocycles. The van der Waals surface area contributed by atoms with Gasteiger partial charge in [-0.1, -0.05) is 147 Å². The van der Waals surface area contributed by atoms with Gasteiger partial charge in [-0.3, -0.25) is 9.11 Å². The van der Waals surface area contributed by atoms with Crippen molar-refractivity contribution in [3.8, 4) is 0 Å². The van der Waals surface area contributed by atoms with Crippen LogP contribution < -0.4 is 10.1 Å². The molecule has 1 heterocycles.